The zero-order valence-corrected chi connectivity index (χ0v) is 10.2. The molecule has 1 amide bonds. The minimum atomic E-state index is -0.712. The van der Waals surface area contributed by atoms with Gasteiger partial charge in [-0.3, -0.25) is 4.79 Å². The van der Waals surface area contributed by atoms with Crippen molar-refractivity contribution in [1.82, 2.24) is 0 Å². The fourth-order valence-corrected chi connectivity index (χ4v) is 1.46. The molecule has 6 heteroatoms. The predicted octanol–water partition coefficient (Wildman–Crippen LogP) is 2.04. The number of carbonyl (C=O) groups excluding carboxylic acids is 2. The molecule has 0 atom stereocenters. The highest BCUT2D eigenvalue weighted by Crippen LogP contribution is 2.21. The normalized spacial score (nSPS) is 10.5. The number of hydrogen-bond acceptors (Lipinski definition) is 3. The Balaban J connectivity index is 2.64. The van der Waals surface area contributed by atoms with E-state index < -0.39 is 18.5 Å². The summed E-state index contributed by atoms with van der Waals surface area (Å²) in [4.78, 5) is 21.5. The molecule has 0 unspecified atom stereocenters. The van der Waals surface area contributed by atoms with E-state index in [1.807, 2.05) is 0 Å². The number of halogens is 2. The van der Waals surface area contributed by atoms with Crippen LogP contribution in [0.5, 0.6) is 0 Å². The van der Waals surface area contributed by atoms with Crippen molar-refractivity contribution >= 4 is 41.2 Å². The largest absolute Gasteiger partial charge is 0.452 e. The average molecular weight is 274 g/mol. The third-order valence-electron chi connectivity index (χ3n) is 1.72. The number of carbonyl (C=O) groups is 2. The molecule has 4 nitrogen and oxygen atoms in total. The number of ether oxygens (including phenoxy) is 1. The van der Waals surface area contributed by atoms with Crippen molar-refractivity contribution in [2.45, 2.75) is 0 Å². The second-order valence-corrected chi connectivity index (χ2v) is 3.92. The topological polar surface area (TPSA) is 69.4 Å². The molecule has 0 radical (unpaired) electrons. The molecule has 90 valence electrons. The quantitative estimate of drug-likeness (QED) is 0.674. The van der Waals surface area contributed by atoms with E-state index in [1.54, 1.807) is 18.2 Å². The van der Waals surface area contributed by atoms with E-state index >= 15 is 0 Å². The highest BCUT2D eigenvalue weighted by molar-refractivity contribution is 6.35. The van der Waals surface area contributed by atoms with Crippen molar-refractivity contribution in [3.8, 4) is 0 Å². The van der Waals surface area contributed by atoms with Gasteiger partial charge in [0.1, 0.15) is 0 Å². The van der Waals surface area contributed by atoms with Gasteiger partial charge in [-0.05, 0) is 23.8 Å². The summed E-state index contributed by atoms with van der Waals surface area (Å²) in [6.45, 7) is -0.447. The van der Waals surface area contributed by atoms with Gasteiger partial charge in [0, 0.05) is 16.1 Å². The second kappa shape index (κ2) is 6.27. The van der Waals surface area contributed by atoms with Crippen LogP contribution >= 0.6 is 23.2 Å². The van der Waals surface area contributed by atoms with Crippen molar-refractivity contribution in [2.75, 3.05) is 6.61 Å². The molecule has 17 heavy (non-hydrogen) atoms. The van der Waals surface area contributed by atoms with Crippen molar-refractivity contribution < 1.29 is 14.3 Å². The molecule has 0 spiro atoms. The van der Waals surface area contributed by atoms with Gasteiger partial charge in [-0.2, -0.15) is 0 Å². The molecule has 1 rings (SSSR count). The van der Waals surface area contributed by atoms with Gasteiger partial charge in [-0.25, -0.2) is 4.79 Å². The fourth-order valence-electron chi connectivity index (χ4n) is 0.985. The van der Waals surface area contributed by atoms with Gasteiger partial charge in [-0.15, -0.1) is 0 Å². The Morgan fingerprint density at radius 3 is 2.65 bits per heavy atom. The Labute approximate surface area is 108 Å². The highest BCUT2D eigenvalue weighted by Gasteiger charge is 2.01. The summed E-state index contributed by atoms with van der Waals surface area (Å²) in [5.41, 5.74) is 5.43. The molecule has 0 aliphatic carbocycles. The number of benzene rings is 1. The minimum absolute atomic E-state index is 0.413. The monoisotopic (exact) mass is 273 g/mol. The molecular formula is C11H9Cl2NO3. The maximum absolute atomic E-state index is 11.1. The van der Waals surface area contributed by atoms with Crippen LogP contribution < -0.4 is 5.73 Å². The molecular weight excluding hydrogens is 265 g/mol. The SMILES string of the molecule is NC(=O)COC(=O)C=Cc1ccc(Cl)cc1Cl. The molecule has 0 saturated carbocycles. The summed E-state index contributed by atoms with van der Waals surface area (Å²) in [5, 5.41) is 0.917. The van der Waals surface area contributed by atoms with Gasteiger partial charge in [0.2, 0.25) is 0 Å². The molecule has 1 aromatic carbocycles. The fraction of sp³-hybridized carbons (Fsp3) is 0.0909. The zero-order valence-electron chi connectivity index (χ0n) is 8.65. The lowest BCUT2D eigenvalue weighted by Gasteiger charge is -1.99. The lowest BCUT2D eigenvalue weighted by Crippen LogP contribution is -2.19. The van der Waals surface area contributed by atoms with Crippen molar-refractivity contribution in [1.29, 1.82) is 0 Å². The number of amides is 1. The van der Waals surface area contributed by atoms with Gasteiger partial charge in [0.25, 0.3) is 5.91 Å². The maximum Gasteiger partial charge on any atom is 0.331 e. The highest BCUT2D eigenvalue weighted by atomic mass is 35.5. The predicted molar refractivity (Wildman–Crippen MR) is 65.6 cm³/mol. The number of primary amides is 1. The molecule has 2 N–H and O–H groups in total. The molecule has 0 heterocycles. The average Bonchev–Trinajstić information content (AvgIpc) is 2.25. The third-order valence-corrected chi connectivity index (χ3v) is 2.28. The van der Waals surface area contributed by atoms with Crippen molar-refractivity contribution in [2.24, 2.45) is 5.73 Å². The van der Waals surface area contributed by atoms with E-state index in [0.29, 0.717) is 15.6 Å². The Morgan fingerprint density at radius 1 is 1.35 bits per heavy atom. The molecule has 0 fully saturated rings. The van der Waals surface area contributed by atoms with E-state index in [1.165, 1.54) is 6.08 Å². The molecule has 0 saturated heterocycles. The van der Waals surface area contributed by atoms with E-state index in [9.17, 15) is 9.59 Å². The molecule has 0 bridgehead atoms. The summed E-state index contributed by atoms with van der Waals surface area (Å²) in [7, 11) is 0. The van der Waals surface area contributed by atoms with Crippen LogP contribution in [-0.4, -0.2) is 18.5 Å². The smallest absolute Gasteiger partial charge is 0.331 e. The first kappa shape index (κ1) is 13.5. The standard InChI is InChI=1S/C11H9Cl2NO3/c12-8-3-1-7(9(13)5-8)2-4-11(16)17-6-10(14)15/h1-5H,6H2,(H2,14,15). The summed E-state index contributed by atoms with van der Waals surface area (Å²) in [6.07, 6.45) is 2.61. The Bertz CT molecular complexity index is 472. The van der Waals surface area contributed by atoms with E-state index in [-0.39, 0.29) is 0 Å². The van der Waals surface area contributed by atoms with E-state index in [2.05, 4.69) is 4.74 Å². The van der Waals surface area contributed by atoms with Gasteiger partial charge < -0.3 is 10.5 Å². The Hall–Kier alpha value is -1.52. The first-order chi connectivity index (χ1) is 7.99. The Kier molecular flexibility index (Phi) is 5.00. The van der Waals surface area contributed by atoms with Crippen LogP contribution in [0.3, 0.4) is 0 Å². The van der Waals surface area contributed by atoms with Gasteiger partial charge in [0.05, 0.1) is 0 Å². The lowest BCUT2D eigenvalue weighted by atomic mass is 10.2. The summed E-state index contributed by atoms with van der Waals surface area (Å²) < 4.78 is 4.52. The molecule has 0 aromatic heterocycles. The van der Waals surface area contributed by atoms with Crippen LogP contribution in [0.25, 0.3) is 6.08 Å². The Morgan fingerprint density at radius 2 is 2.06 bits per heavy atom. The molecule has 1 aromatic rings. The summed E-state index contributed by atoms with van der Waals surface area (Å²) >= 11 is 11.6. The van der Waals surface area contributed by atoms with Crippen LogP contribution in [0, 0.1) is 0 Å². The zero-order chi connectivity index (χ0) is 12.8. The van der Waals surface area contributed by atoms with Crippen LogP contribution in [0.4, 0.5) is 0 Å². The summed E-state index contributed by atoms with van der Waals surface area (Å²) in [6, 6.07) is 4.85. The summed E-state index contributed by atoms with van der Waals surface area (Å²) in [5.74, 6) is -1.38. The van der Waals surface area contributed by atoms with Crippen LogP contribution in [0.1, 0.15) is 5.56 Å². The minimum Gasteiger partial charge on any atom is -0.452 e. The van der Waals surface area contributed by atoms with Gasteiger partial charge >= 0.3 is 5.97 Å². The molecule has 0 aliphatic heterocycles. The second-order valence-electron chi connectivity index (χ2n) is 3.07. The van der Waals surface area contributed by atoms with Crippen LogP contribution in [0.2, 0.25) is 10.0 Å². The number of hydrogen-bond donors (Lipinski definition) is 1. The van der Waals surface area contributed by atoms with Crippen molar-refractivity contribution in [3.63, 3.8) is 0 Å². The van der Waals surface area contributed by atoms with Crippen LogP contribution in [0.15, 0.2) is 24.3 Å². The van der Waals surface area contributed by atoms with Crippen LogP contribution in [-0.2, 0) is 14.3 Å². The van der Waals surface area contributed by atoms with Crippen molar-refractivity contribution in [3.05, 3.63) is 39.9 Å². The lowest BCUT2D eigenvalue weighted by molar-refractivity contribution is -0.142. The van der Waals surface area contributed by atoms with E-state index in [0.717, 1.165) is 6.08 Å². The number of esters is 1. The number of nitrogens with two attached hydrogens (primary N) is 1. The third kappa shape index (κ3) is 4.89. The van der Waals surface area contributed by atoms with Gasteiger partial charge in [0.15, 0.2) is 6.61 Å². The molecule has 0 aliphatic rings. The first-order valence-corrected chi connectivity index (χ1v) is 5.33. The number of rotatable bonds is 4. The first-order valence-electron chi connectivity index (χ1n) is 4.57. The maximum atomic E-state index is 11.1. The van der Waals surface area contributed by atoms with E-state index in [4.69, 9.17) is 28.9 Å². The van der Waals surface area contributed by atoms with Gasteiger partial charge in [-0.1, -0.05) is 29.3 Å².